The van der Waals surface area contributed by atoms with Gasteiger partial charge in [0.05, 0.1) is 7.11 Å². The molecule has 106 valence electrons. The van der Waals surface area contributed by atoms with Gasteiger partial charge in [0.1, 0.15) is 10.6 Å². The van der Waals surface area contributed by atoms with Crippen molar-refractivity contribution in [3.8, 4) is 5.75 Å². The van der Waals surface area contributed by atoms with Gasteiger partial charge in [-0.3, -0.25) is 0 Å². The fourth-order valence-corrected chi connectivity index (χ4v) is 3.27. The van der Waals surface area contributed by atoms with Crippen LogP contribution in [0.4, 0.5) is 5.69 Å². The van der Waals surface area contributed by atoms with Gasteiger partial charge in [-0.1, -0.05) is 12.2 Å². The van der Waals surface area contributed by atoms with Gasteiger partial charge < -0.3 is 10.5 Å². The molecule has 0 aliphatic rings. The Labute approximate surface area is 122 Å². The molecule has 0 fully saturated rings. The third-order valence-corrected chi connectivity index (χ3v) is 4.98. The molecule has 0 saturated heterocycles. The maximum Gasteiger partial charge on any atom is 0.246 e. The number of hydrogen-bond donors (Lipinski definition) is 1. The standard InChI is InChI=1S/C12H17BrN2O3S/c1-8(2)7-15(3)19(16,17)12-6-10(14)9(13)5-11(12)18-4/h5-6H,1,7,14H2,2-4H3. The molecular formula is C12H17BrN2O3S. The van der Waals surface area contributed by atoms with Crippen molar-refractivity contribution in [3.05, 3.63) is 28.8 Å². The highest BCUT2D eigenvalue weighted by Crippen LogP contribution is 2.33. The van der Waals surface area contributed by atoms with E-state index < -0.39 is 10.0 Å². The first kappa shape index (κ1) is 16.0. The van der Waals surface area contributed by atoms with E-state index in [1.54, 1.807) is 6.92 Å². The third-order valence-electron chi connectivity index (χ3n) is 2.46. The Morgan fingerprint density at radius 3 is 2.58 bits per heavy atom. The van der Waals surface area contributed by atoms with Crippen molar-refractivity contribution in [1.82, 2.24) is 4.31 Å². The van der Waals surface area contributed by atoms with Crippen LogP contribution in [-0.4, -0.2) is 33.4 Å². The van der Waals surface area contributed by atoms with Crippen molar-refractivity contribution in [3.63, 3.8) is 0 Å². The summed E-state index contributed by atoms with van der Waals surface area (Å²) in [7, 11) is -0.769. The molecule has 0 aliphatic heterocycles. The number of likely N-dealkylation sites (N-methyl/N-ethyl adjacent to an activating group) is 1. The van der Waals surface area contributed by atoms with Crippen molar-refractivity contribution in [2.24, 2.45) is 0 Å². The second kappa shape index (κ2) is 5.94. The molecule has 0 heterocycles. The molecule has 7 heteroatoms. The van der Waals surface area contributed by atoms with Crippen molar-refractivity contribution in [2.45, 2.75) is 11.8 Å². The van der Waals surface area contributed by atoms with Crippen LogP contribution in [0.3, 0.4) is 0 Å². The Morgan fingerprint density at radius 1 is 1.53 bits per heavy atom. The van der Waals surface area contributed by atoms with Gasteiger partial charge in [-0.15, -0.1) is 0 Å². The first-order chi connectivity index (χ1) is 8.70. The summed E-state index contributed by atoms with van der Waals surface area (Å²) >= 11 is 3.24. The zero-order chi connectivity index (χ0) is 14.8. The minimum atomic E-state index is -3.67. The van der Waals surface area contributed by atoms with Gasteiger partial charge in [0.25, 0.3) is 0 Å². The van der Waals surface area contributed by atoms with E-state index in [4.69, 9.17) is 10.5 Å². The van der Waals surface area contributed by atoms with E-state index in [9.17, 15) is 8.42 Å². The fraction of sp³-hybridized carbons (Fsp3) is 0.333. The summed E-state index contributed by atoms with van der Waals surface area (Å²) in [6, 6.07) is 2.92. The SMILES string of the molecule is C=C(C)CN(C)S(=O)(=O)c1cc(N)c(Br)cc1OC. The number of rotatable bonds is 5. The van der Waals surface area contributed by atoms with Crippen LogP contribution in [0.5, 0.6) is 5.75 Å². The largest absolute Gasteiger partial charge is 0.495 e. The number of halogens is 1. The van der Waals surface area contributed by atoms with Crippen molar-refractivity contribution in [1.29, 1.82) is 0 Å². The topological polar surface area (TPSA) is 72.6 Å². The van der Waals surface area contributed by atoms with E-state index >= 15 is 0 Å². The van der Waals surface area contributed by atoms with E-state index in [0.29, 0.717) is 10.2 Å². The highest BCUT2D eigenvalue weighted by molar-refractivity contribution is 9.10. The van der Waals surface area contributed by atoms with E-state index in [1.807, 2.05) is 0 Å². The predicted molar refractivity (Wildman–Crippen MR) is 79.7 cm³/mol. The number of anilines is 1. The molecule has 1 aromatic rings. The third kappa shape index (κ3) is 3.49. The van der Waals surface area contributed by atoms with E-state index in [1.165, 1.54) is 30.6 Å². The van der Waals surface area contributed by atoms with Crippen LogP contribution in [-0.2, 0) is 10.0 Å². The Balaban J connectivity index is 3.35. The summed E-state index contributed by atoms with van der Waals surface area (Å²) in [6.07, 6.45) is 0. The lowest BCUT2D eigenvalue weighted by molar-refractivity contribution is 0.399. The smallest absolute Gasteiger partial charge is 0.246 e. The van der Waals surface area contributed by atoms with E-state index in [0.717, 1.165) is 5.57 Å². The quantitative estimate of drug-likeness (QED) is 0.654. The number of hydrogen-bond acceptors (Lipinski definition) is 4. The number of nitrogens with zero attached hydrogens (tertiary/aromatic N) is 1. The summed E-state index contributed by atoms with van der Waals surface area (Å²) in [4.78, 5) is 0.0412. The molecule has 19 heavy (non-hydrogen) atoms. The molecule has 0 spiro atoms. The molecule has 0 unspecified atom stereocenters. The predicted octanol–water partition coefficient (Wildman–Crippen LogP) is 2.24. The molecule has 0 amide bonds. The molecular weight excluding hydrogens is 332 g/mol. The van der Waals surface area contributed by atoms with Gasteiger partial charge in [0, 0.05) is 23.8 Å². The Kier molecular flexibility index (Phi) is 5.00. The first-order valence-corrected chi connectivity index (χ1v) is 7.67. The molecule has 2 N–H and O–H groups in total. The van der Waals surface area contributed by atoms with Crippen LogP contribution >= 0.6 is 15.9 Å². The van der Waals surface area contributed by atoms with Gasteiger partial charge >= 0.3 is 0 Å². The van der Waals surface area contributed by atoms with Crippen LogP contribution in [0, 0.1) is 0 Å². The second-order valence-electron chi connectivity index (χ2n) is 4.24. The fourth-order valence-electron chi connectivity index (χ4n) is 1.54. The zero-order valence-electron chi connectivity index (χ0n) is 11.1. The minimum Gasteiger partial charge on any atom is -0.495 e. The number of sulfonamides is 1. The Hall–Kier alpha value is -1.05. The van der Waals surface area contributed by atoms with Gasteiger partial charge in [0.15, 0.2) is 0 Å². The van der Waals surface area contributed by atoms with Crippen molar-refractivity contribution >= 4 is 31.6 Å². The molecule has 0 atom stereocenters. The minimum absolute atomic E-state index is 0.0412. The highest BCUT2D eigenvalue weighted by Gasteiger charge is 2.25. The van der Waals surface area contributed by atoms with Crippen LogP contribution in [0.2, 0.25) is 0 Å². The molecule has 0 aliphatic carbocycles. The molecule has 0 saturated carbocycles. The van der Waals surface area contributed by atoms with Crippen LogP contribution < -0.4 is 10.5 Å². The average Bonchev–Trinajstić information content (AvgIpc) is 2.30. The number of nitrogen functional groups attached to an aromatic ring is 1. The molecule has 0 bridgehead atoms. The number of benzene rings is 1. The normalized spacial score (nSPS) is 11.6. The average molecular weight is 349 g/mol. The summed E-state index contributed by atoms with van der Waals surface area (Å²) in [5.41, 5.74) is 6.82. The number of methoxy groups -OCH3 is 1. The van der Waals surface area contributed by atoms with Crippen LogP contribution in [0.25, 0.3) is 0 Å². The summed E-state index contributed by atoms with van der Waals surface area (Å²) in [5, 5.41) is 0. The van der Waals surface area contributed by atoms with E-state index in [-0.39, 0.29) is 17.2 Å². The Morgan fingerprint density at radius 2 is 2.11 bits per heavy atom. The summed E-state index contributed by atoms with van der Waals surface area (Å²) in [5.74, 6) is 0.245. The lowest BCUT2D eigenvalue weighted by atomic mass is 10.3. The van der Waals surface area contributed by atoms with Crippen LogP contribution in [0.15, 0.2) is 33.7 Å². The van der Waals surface area contributed by atoms with Gasteiger partial charge in [0.2, 0.25) is 10.0 Å². The van der Waals surface area contributed by atoms with Crippen LogP contribution in [0.1, 0.15) is 6.92 Å². The molecule has 0 radical (unpaired) electrons. The Bertz CT molecular complexity index is 599. The molecule has 0 aromatic heterocycles. The van der Waals surface area contributed by atoms with Gasteiger partial charge in [-0.05, 0) is 35.0 Å². The monoisotopic (exact) mass is 348 g/mol. The maximum absolute atomic E-state index is 12.4. The zero-order valence-corrected chi connectivity index (χ0v) is 13.5. The number of ether oxygens (including phenoxy) is 1. The van der Waals surface area contributed by atoms with Gasteiger partial charge in [-0.25, -0.2) is 8.42 Å². The summed E-state index contributed by atoms with van der Waals surface area (Å²) < 4.78 is 31.8. The first-order valence-electron chi connectivity index (χ1n) is 5.44. The summed E-state index contributed by atoms with van der Waals surface area (Å²) in [6.45, 7) is 5.71. The van der Waals surface area contributed by atoms with Crippen molar-refractivity contribution in [2.75, 3.05) is 26.4 Å². The maximum atomic E-state index is 12.4. The van der Waals surface area contributed by atoms with E-state index in [2.05, 4.69) is 22.5 Å². The van der Waals surface area contributed by atoms with Gasteiger partial charge in [-0.2, -0.15) is 4.31 Å². The molecule has 1 aromatic carbocycles. The number of nitrogens with two attached hydrogens (primary N) is 1. The highest BCUT2D eigenvalue weighted by atomic mass is 79.9. The lowest BCUT2D eigenvalue weighted by Gasteiger charge is -2.19. The lowest BCUT2D eigenvalue weighted by Crippen LogP contribution is -2.28. The van der Waals surface area contributed by atoms with Crippen molar-refractivity contribution < 1.29 is 13.2 Å². The molecule has 1 rings (SSSR count). The second-order valence-corrected chi connectivity index (χ2v) is 7.11. The molecule has 5 nitrogen and oxygen atoms in total.